The van der Waals surface area contributed by atoms with Gasteiger partial charge in [-0.1, -0.05) is 18.2 Å². The Hall–Kier alpha value is -4.01. The van der Waals surface area contributed by atoms with Crippen molar-refractivity contribution in [1.82, 2.24) is 9.55 Å². The van der Waals surface area contributed by atoms with E-state index < -0.39 is 10.5 Å². The Morgan fingerprint density at radius 3 is 2.90 bits per heavy atom. The minimum Gasteiger partial charge on any atom is -0.448 e. The van der Waals surface area contributed by atoms with Crippen molar-refractivity contribution in [2.24, 2.45) is 0 Å². The molecule has 2 aromatic carbocycles. The van der Waals surface area contributed by atoms with Crippen molar-refractivity contribution in [3.8, 4) is 0 Å². The predicted molar refractivity (Wildman–Crippen MR) is 105 cm³/mol. The first-order valence-electron chi connectivity index (χ1n) is 8.97. The fourth-order valence-corrected chi connectivity index (χ4v) is 3.70. The number of hydrogen-bond acceptors (Lipinski definition) is 6. The van der Waals surface area contributed by atoms with Crippen molar-refractivity contribution >= 4 is 39.4 Å². The molecule has 1 aliphatic heterocycles. The van der Waals surface area contributed by atoms with Crippen LogP contribution in [-0.4, -0.2) is 26.9 Å². The number of benzene rings is 2. The van der Waals surface area contributed by atoms with Gasteiger partial charge in [-0.15, -0.1) is 0 Å². The summed E-state index contributed by atoms with van der Waals surface area (Å²) >= 11 is 0. The maximum absolute atomic E-state index is 12.9. The standard InChI is InChI=1S/C20H14N4O5/c25-17(23-8-7-12-5-6-13(24(27)28)9-15(12)23)10-22-11-21-18-14-3-1-2-4-16(14)29-19(18)20(22)26/h1-6,9,11H,7-8,10H2. The molecule has 1 aliphatic rings. The van der Waals surface area contributed by atoms with Crippen LogP contribution in [-0.2, 0) is 17.8 Å². The summed E-state index contributed by atoms with van der Waals surface area (Å²) in [4.78, 5) is 42.0. The van der Waals surface area contributed by atoms with E-state index in [0.717, 1.165) is 10.9 Å². The van der Waals surface area contributed by atoms with Crippen LogP contribution in [0.4, 0.5) is 11.4 Å². The van der Waals surface area contributed by atoms with Crippen molar-refractivity contribution in [2.75, 3.05) is 11.4 Å². The lowest BCUT2D eigenvalue weighted by molar-refractivity contribution is -0.384. The van der Waals surface area contributed by atoms with Gasteiger partial charge in [0.1, 0.15) is 17.6 Å². The lowest BCUT2D eigenvalue weighted by atomic mass is 10.1. The SMILES string of the molecule is O=C(Cn1cnc2c(oc3ccccc32)c1=O)N1CCc2ccc([N+](=O)[O-])cc21. The van der Waals surface area contributed by atoms with Crippen molar-refractivity contribution in [3.05, 3.63) is 74.8 Å². The number of rotatable bonds is 3. The molecule has 3 heterocycles. The Balaban J connectivity index is 1.49. The maximum Gasteiger partial charge on any atom is 0.297 e. The second-order valence-corrected chi connectivity index (χ2v) is 6.82. The summed E-state index contributed by atoms with van der Waals surface area (Å²) in [7, 11) is 0. The van der Waals surface area contributed by atoms with Gasteiger partial charge in [0, 0.05) is 24.1 Å². The molecule has 9 nitrogen and oxygen atoms in total. The zero-order valence-corrected chi connectivity index (χ0v) is 15.1. The summed E-state index contributed by atoms with van der Waals surface area (Å²) in [5, 5.41) is 11.8. The third-order valence-corrected chi connectivity index (χ3v) is 5.13. The van der Waals surface area contributed by atoms with E-state index in [1.807, 2.05) is 12.1 Å². The van der Waals surface area contributed by atoms with Gasteiger partial charge >= 0.3 is 0 Å². The Bertz CT molecular complexity index is 1370. The number of nitrogens with zero attached hydrogens (tertiary/aromatic N) is 4. The van der Waals surface area contributed by atoms with E-state index in [9.17, 15) is 19.7 Å². The van der Waals surface area contributed by atoms with Gasteiger partial charge in [-0.05, 0) is 24.1 Å². The number of para-hydroxylation sites is 1. The van der Waals surface area contributed by atoms with Crippen LogP contribution in [0.1, 0.15) is 5.56 Å². The Morgan fingerprint density at radius 1 is 1.24 bits per heavy atom. The van der Waals surface area contributed by atoms with Gasteiger partial charge in [-0.3, -0.25) is 24.3 Å². The quantitative estimate of drug-likeness (QED) is 0.393. The van der Waals surface area contributed by atoms with Gasteiger partial charge in [0.2, 0.25) is 11.5 Å². The molecule has 0 fully saturated rings. The number of non-ortho nitro benzene ring substituents is 1. The number of amides is 1. The molecule has 0 atom stereocenters. The number of furan rings is 1. The van der Waals surface area contributed by atoms with Crippen LogP contribution in [0.15, 0.2) is 58.0 Å². The molecule has 2 aromatic heterocycles. The molecule has 0 saturated heterocycles. The molecule has 0 radical (unpaired) electrons. The van der Waals surface area contributed by atoms with Crippen LogP contribution >= 0.6 is 0 Å². The van der Waals surface area contributed by atoms with E-state index in [0.29, 0.717) is 29.8 Å². The topological polar surface area (TPSA) is 111 Å². The number of nitro benzene ring substituents is 1. The summed E-state index contributed by atoms with van der Waals surface area (Å²) in [6, 6.07) is 11.7. The second-order valence-electron chi connectivity index (χ2n) is 6.82. The van der Waals surface area contributed by atoms with E-state index in [1.54, 1.807) is 18.2 Å². The van der Waals surface area contributed by atoms with Crippen molar-refractivity contribution < 1.29 is 14.1 Å². The molecular formula is C20H14N4O5. The van der Waals surface area contributed by atoms with Crippen LogP contribution in [0.5, 0.6) is 0 Å². The summed E-state index contributed by atoms with van der Waals surface area (Å²) in [6.07, 6.45) is 1.93. The number of anilines is 1. The van der Waals surface area contributed by atoms with E-state index in [1.165, 1.54) is 27.9 Å². The molecule has 5 rings (SSSR count). The van der Waals surface area contributed by atoms with Crippen LogP contribution in [0.3, 0.4) is 0 Å². The Kier molecular flexibility index (Phi) is 3.70. The van der Waals surface area contributed by atoms with Crippen LogP contribution in [0, 0.1) is 10.1 Å². The molecule has 0 bridgehead atoms. The first kappa shape index (κ1) is 17.1. The fraction of sp³-hybridized carbons (Fsp3) is 0.150. The van der Waals surface area contributed by atoms with Crippen molar-refractivity contribution in [3.63, 3.8) is 0 Å². The van der Waals surface area contributed by atoms with Crippen molar-refractivity contribution in [1.29, 1.82) is 0 Å². The van der Waals surface area contributed by atoms with Crippen LogP contribution in [0.2, 0.25) is 0 Å². The van der Waals surface area contributed by atoms with Crippen molar-refractivity contribution in [2.45, 2.75) is 13.0 Å². The third-order valence-electron chi connectivity index (χ3n) is 5.13. The molecule has 1 amide bonds. The summed E-state index contributed by atoms with van der Waals surface area (Å²) in [5.41, 5.74) is 1.95. The predicted octanol–water partition coefficient (Wildman–Crippen LogP) is 2.64. The van der Waals surface area contributed by atoms with Gasteiger partial charge in [0.05, 0.1) is 16.9 Å². The molecule has 4 aromatic rings. The smallest absolute Gasteiger partial charge is 0.297 e. The zero-order valence-electron chi connectivity index (χ0n) is 15.1. The lowest BCUT2D eigenvalue weighted by Crippen LogP contribution is -2.35. The zero-order chi connectivity index (χ0) is 20.1. The molecular weight excluding hydrogens is 376 g/mol. The van der Waals surface area contributed by atoms with Gasteiger partial charge in [0.15, 0.2) is 0 Å². The third kappa shape index (κ3) is 2.66. The van der Waals surface area contributed by atoms with Crippen LogP contribution < -0.4 is 10.5 Å². The van der Waals surface area contributed by atoms with E-state index in [2.05, 4.69) is 4.98 Å². The van der Waals surface area contributed by atoms with Crippen LogP contribution in [0.25, 0.3) is 22.1 Å². The Labute approximate surface area is 162 Å². The highest BCUT2D eigenvalue weighted by molar-refractivity contribution is 6.02. The minimum atomic E-state index is -0.495. The molecule has 0 unspecified atom stereocenters. The minimum absolute atomic E-state index is 0.0778. The highest BCUT2D eigenvalue weighted by Crippen LogP contribution is 2.32. The first-order chi connectivity index (χ1) is 14.0. The summed E-state index contributed by atoms with van der Waals surface area (Å²) in [5.74, 6) is -0.344. The fourth-order valence-electron chi connectivity index (χ4n) is 3.70. The van der Waals surface area contributed by atoms with E-state index in [-0.39, 0.29) is 23.7 Å². The van der Waals surface area contributed by atoms with Gasteiger partial charge < -0.3 is 9.32 Å². The monoisotopic (exact) mass is 390 g/mol. The number of aromatic nitrogens is 2. The summed E-state index contributed by atoms with van der Waals surface area (Å²) in [6.45, 7) is 0.172. The highest BCUT2D eigenvalue weighted by Gasteiger charge is 2.27. The van der Waals surface area contributed by atoms with E-state index in [4.69, 9.17) is 4.42 Å². The molecule has 0 spiro atoms. The largest absolute Gasteiger partial charge is 0.448 e. The number of nitro groups is 1. The molecule has 9 heteroatoms. The van der Waals surface area contributed by atoms with E-state index >= 15 is 0 Å². The normalized spacial score (nSPS) is 13.2. The Morgan fingerprint density at radius 2 is 2.07 bits per heavy atom. The number of fused-ring (bicyclic) bond motifs is 4. The molecule has 144 valence electrons. The highest BCUT2D eigenvalue weighted by atomic mass is 16.6. The first-order valence-corrected chi connectivity index (χ1v) is 8.97. The molecule has 0 aliphatic carbocycles. The van der Waals surface area contributed by atoms with Gasteiger partial charge in [-0.25, -0.2) is 4.98 Å². The molecule has 0 saturated carbocycles. The number of carbonyl (C=O) groups excluding carboxylic acids is 1. The average molecular weight is 390 g/mol. The second kappa shape index (κ2) is 6.26. The van der Waals surface area contributed by atoms with Gasteiger partial charge in [-0.2, -0.15) is 0 Å². The molecule has 29 heavy (non-hydrogen) atoms. The molecule has 0 N–H and O–H groups in total. The maximum atomic E-state index is 12.9. The summed E-state index contributed by atoms with van der Waals surface area (Å²) < 4.78 is 6.83. The lowest BCUT2D eigenvalue weighted by Gasteiger charge is -2.17. The van der Waals surface area contributed by atoms with Gasteiger partial charge in [0.25, 0.3) is 11.2 Å². The average Bonchev–Trinajstić information content (AvgIpc) is 3.31. The number of hydrogen-bond donors (Lipinski definition) is 0. The number of carbonyl (C=O) groups is 1.